The minimum atomic E-state index is 0.292. The first-order valence-corrected chi connectivity index (χ1v) is 2.24. The zero-order valence-corrected chi connectivity index (χ0v) is 4.76. The van der Waals surface area contributed by atoms with Crippen molar-refractivity contribution in [1.29, 1.82) is 0 Å². The van der Waals surface area contributed by atoms with Crippen molar-refractivity contribution in [3.8, 4) is 0 Å². The van der Waals surface area contributed by atoms with E-state index in [0.717, 1.165) is 6.21 Å². The normalized spacial score (nSPS) is 10.8. The molecule has 1 aromatic rings. The average Bonchev–Trinajstić information content (AvgIpc) is 2.17. The molecule has 1 rings (SSSR count). The van der Waals surface area contributed by atoms with Gasteiger partial charge in [0.2, 0.25) is 5.82 Å². The molecule has 1 N–H and O–H groups in total. The van der Waals surface area contributed by atoms with Gasteiger partial charge in [0, 0.05) is 0 Å². The molecule has 0 amide bonds. The van der Waals surface area contributed by atoms with Gasteiger partial charge >= 0.3 is 0 Å². The third kappa shape index (κ3) is 1.21. The van der Waals surface area contributed by atoms with Gasteiger partial charge in [-0.15, -0.1) is 10.2 Å². The molecule has 1 aromatic heterocycles. The molecular weight excluding hydrogens is 122 g/mol. The van der Waals surface area contributed by atoms with Crippen molar-refractivity contribution < 1.29 is 5.21 Å². The van der Waals surface area contributed by atoms with E-state index in [9.17, 15) is 0 Å². The molecule has 0 aliphatic heterocycles. The summed E-state index contributed by atoms with van der Waals surface area (Å²) in [5.41, 5.74) is 0. The Balaban J connectivity index is 2.85. The zero-order chi connectivity index (χ0) is 6.69. The van der Waals surface area contributed by atoms with Gasteiger partial charge in [0.05, 0.1) is 7.05 Å². The van der Waals surface area contributed by atoms with E-state index in [2.05, 4.69) is 20.6 Å². The molecule has 6 heteroatoms. The van der Waals surface area contributed by atoms with Gasteiger partial charge in [-0.2, -0.15) is 4.80 Å². The lowest BCUT2D eigenvalue weighted by Crippen LogP contribution is -1.92. The van der Waals surface area contributed by atoms with Crippen molar-refractivity contribution in [3.05, 3.63) is 5.82 Å². The van der Waals surface area contributed by atoms with Crippen LogP contribution < -0.4 is 0 Å². The van der Waals surface area contributed by atoms with E-state index in [1.807, 2.05) is 0 Å². The van der Waals surface area contributed by atoms with Crippen molar-refractivity contribution in [3.63, 3.8) is 0 Å². The molecule has 0 aromatic carbocycles. The van der Waals surface area contributed by atoms with Gasteiger partial charge in [-0.3, -0.25) is 0 Å². The van der Waals surface area contributed by atoms with Gasteiger partial charge in [0.1, 0.15) is 6.21 Å². The van der Waals surface area contributed by atoms with Gasteiger partial charge < -0.3 is 5.21 Å². The van der Waals surface area contributed by atoms with E-state index in [0.29, 0.717) is 5.82 Å². The Labute approximate surface area is 50.8 Å². The maximum Gasteiger partial charge on any atom is 0.219 e. The molecule has 0 bridgehead atoms. The number of aryl methyl sites for hydroxylation is 1. The molecular formula is C3H5N5O. The molecule has 9 heavy (non-hydrogen) atoms. The van der Waals surface area contributed by atoms with Crippen molar-refractivity contribution >= 4 is 6.21 Å². The van der Waals surface area contributed by atoms with Crippen LogP contribution in [0.2, 0.25) is 0 Å². The second-order valence-corrected chi connectivity index (χ2v) is 1.38. The lowest BCUT2D eigenvalue weighted by molar-refractivity contribution is 0.321. The van der Waals surface area contributed by atoms with Crippen LogP contribution in [0.25, 0.3) is 0 Å². The van der Waals surface area contributed by atoms with Gasteiger partial charge in [-0.05, 0) is 5.21 Å². The summed E-state index contributed by atoms with van der Waals surface area (Å²) in [6, 6.07) is 0. The van der Waals surface area contributed by atoms with Crippen LogP contribution in [-0.2, 0) is 7.05 Å². The van der Waals surface area contributed by atoms with Gasteiger partial charge in [0.25, 0.3) is 0 Å². The largest absolute Gasteiger partial charge is 0.411 e. The summed E-state index contributed by atoms with van der Waals surface area (Å²) in [4.78, 5) is 1.27. The molecule has 0 atom stereocenters. The summed E-state index contributed by atoms with van der Waals surface area (Å²) in [6.45, 7) is 0. The van der Waals surface area contributed by atoms with Gasteiger partial charge in [0.15, 0.2) is 0 Å². The SMILES string of the molecule is Cn1nnc(/C=N/O)n1. The molecule has 0 saturated heterocycles. The van der Waals surface area contributed by atoms with E-state index < -0.39 is 0 Å². The molecule has 0 radical (unpaired) electrons. The highest BCUT2D eigenvalue weighted by Gasteiger charge is 1.92. The fraction of sp³-hybridized carbons (Fsp3) is 0.333. The third-order valence-electron chi connectivity index (χ3n) is 0.697. The Kier molecular flexibility index (Phi) is 1.39. The van der Waals surface area contributed by atoms with E-state index in [-0.39, 0.29) is 0 Å². The lowest BCUT2D eigenvalue weighted by Gasteiger charge is -1.75. The highest BCUT2D eigenvalue weighted by atomic mass is 16.4. The fourth-order valence-electron chi connectivity index (χ4n) is 0.402. The molecule has 0 unspecified atom stereocenters. The van der Waals surface area contributed by atoms with Gasteiger partial charge in [-0.1, -0.05) is 5.16 Å². The van der Waals surface area contributed by atoms with E-state index in [1.165, 1.54) is 4.80 Å². The highest BCUT2D eigenvalue weighted by Crippen LogP contribution is 1.75. The molecule has 48 valence electrons. The van der Waals surface area contributed by atoms with Crippen molar-refractivity contribution in [2.45, 2.75) is 0 Å². The van der Waals surface area contributed by atoms with Crippen molar-refractivity contribution in [2.75, 3.05) is 0 Å². The predicted octanol–water partition coefficient (Wildman–Crippen LogP) is -0.982. The summed E-state index contributed by atoms with van der Waals surface area (Å²) in [5.74, 6) is 0.292. The van der Waals surface area contributed by atoms with Crippen LogP contribution in [0.5, 0.6) is 0 Å². The van der Waals surface area contributed by atoms with Crippen LogP contribution in [0.4, 0.5) is 0 Å². The number of oxime groups is 1. The maximum atomic E-state index is 7.98. The first kappa shape index (κ1) is 5.67. The first-order chi connectivity index (χ1) is 4.33. The summed E-state index contributed by atoms with van der Waals surface area (Å²) < 4.78 is 0. The quantitative estimate of drug-likeness (QED) is 0.299. The van der Waals surface area contributed by atoms with Crippen LogP contribution in [0.15, 0.2) is 5.16 Å². The Bertz CT molecular complexity index is 216. The van der Waals surface area contributed by atoms with Crippen molar-refractivity contribution in [2.24, 2.45) is 12.2 Å². The van der Waals surface area contributed by atoms with Crippen LogP contribution in [-0.4, -0.2) is 31.6 Å². The second kappa shape index (κ2) is 2.21. The van der Waals surface area contributed by atoms with Gasteiger partial charge in [-0.25, -0.2) is 0 Å². The summed E-state index contributed by atoms with van der Waals surface area (Å²) in [6.07, 6.45) is 1.10. The van der Waals surface area contributed by atoms with E-state index >= 15 is 0 Å². The van der Waals surface area contributed by atoms with Crippen molar-refractivity contribution in [1.82, 2.24) is 20.2 Å². The topological polar surface area (TPSA) is 76.2 Å². The van der Waals surface area contributed by atoms with Crippen LogP contribution in [0, 0.1) is 0 Å². The lowest BCUT2D eigenvalue weighted by atomic mass is 10.7. The maximum absolute atomic E-state index is 7.98. The molecule has 0 aliphatic carbocycles. The van der Waals surface area contributed by atoms with Crippen LogP contribution in [0.3, 0.4) is 0 Å². The zero-order valence-electron chi connectivity index (χ0n) is 4.76. The predicted molar refractivity (Wildman–Crippen MR) is 28.2 cm³/mol. The van der Waals surface area contributed by atoms with E-state index in [4.69, 9.17) is 5.21 Å². The molecule has 1 heterocycles. The first-order valence-electron chi connectivity index (χ1n) is 2.24. The Morgan fingerprint density at radius 2 is 2.56 bits per heavy atom. The molecule has 0 fully saturated rings. The number of hydrogen-bond donors (Lipinski definition) is 1. The number of nitrogens with zero attached hydrogens (tertiary/aromatic N) is 5. The molecule has 0 aliphatic rings. The second-order valence-electron chi connectivity index (χ2n) is 1.38. The van der Waals surface area contributed by atoms with Crippen LogP contribution in [0.1, 0.15) is 5.82 Å². The molecule has 0 spiro atoms. The fourth-order valence-corrected chi connectivity index (χ4v) is 0.402. The molecule has 0 saturated carbocycles. The number of rotatable bonds is 1. The third-order valence-corrected chi connectivity index (χ3v) is 0.697. The minimum absolute atomic E-state index is 0.292. The number of aromatic nitrogens is 4. The standard InChI is InChI=1S/C3H5N5O/c1-8-6-3(2-4-9)5-7-8/h2,9H,1H3/b4-2+. The molecule has 6 nitrogen and oxygen atoms in total. The number of hydrogen-bond acceptors (Lipinski definition) is 5. The Morgan fingerprint density at radius 3 is 3.00 bits per heavy atom. The summed E-state index contributed by atoms with van der Waals surface area (Å²) in [7, 11) is 1.63. The number of tetrazole rings is 1. The monoisotopic (exact) mass is 127 g/mol. The van der Waals surface area contributed by atoms with Crippen LogP contribution >= 0.6 is 0 Å². The Hall–Kier alpha value is -1.46. The summed E-state index contributed by atoms with van der Waals surface area (Å²) >= 11 is 0. The Morgan fingerprint density at radius 1 is 1.78 bits per heavy atom. The van der Waals surface area contributed by atoms with E-state index in [1.54, 1.807) is 7.05 Å². The summed E-state index contributed by atoms with van der Waals surface area (Å²) in [5, 5.41) is 21.4. The average molecular weight is 127 g/mol. The minimum Gasteiger partial charge on any atom is -0.411 e. The smallest absolute Gasteiger partial charge is 0.219 e. The highest BCUT2D eigenvalue weighted by molar-refractivity contribution is 5.72.